The van der Waals surface area contributed by atoms with Crippen LogP contribution in [0.5, 0.6) is 11.5 Å². The van der Waals surface area contributed by atoms with Crippen molar-refractivity contribution in [3.05, 3.63) is 47.8 Å². The van der Waals surface area contributed by atoms with Crippen LogP contribution in [0.2, 0.25) is 0 Å². The van der Waals surface area contributed by atoms with Crippen LogP contribution in [0, 0.1) is 6.92 Å². The van der Waals surface area contributed by atoms with Gasteiger partial charge in [0.1, 0.15) is 29.1 Å². The van der Waals surface area contributed by atoms with Gasteiger partial charge in [-0.05, 0) is 31.5 Å². The zero-order valence-corrected chi connectivity index (χ0v) is 21.7. The van der Waals surface area contributed by atoms with Crippen molar-refractivity contribution in [2.45, 2.75) is 38.0 Å². The van der Waals surface area contributed by atoms with Crippen molar-refractivity contribution in [2.24, 2.45) is 0 Å². The number of rotatable bonds is 9. The normalized spacial score (nSPS) is 17.9. The SMILES string of the molecule is COc1cccc(OC)c1-n1c(NS(=O)(=O)C(C)C(C)c2ncc(C)cn2)nnc1[C@H]1CNCCO1. The van der Waals surface area contributed by atoms with Gasteiger partial charge < -0.3 is 19.5 Å². The zero-order valence-electron chi connectivity index (χ0n) is 20.9. The van der Waals surface area contributed by atoms with Crippen LogP contribution >= 0.6 is 0 Å². The van der Waals surface area contributed by atoms with Crippen molar-refractivity contribution in [3.63, 3.8) is 0 Å². The number of anilines is 1. The summed E-state index contributed by atoms with van der Waals surface area (Å²) in [7, 11) is -0.901. The molecule has 3 heterocycles. The fourth-order valence-corrected chi connectivity index (χ4v) is 5.14. The summed E-state index contributed by atoms with van der Waals surface area (Å²) in [4.78, 5) is 8.61. The highest BCUT2D eigenvalue weighted by Crippen LogP contribution is 2.37. The Labute approximate surface area is 210 Å². The number of ether oxygens (including phenoxy) is 3. The molecule has 13 heteroatoms. The van der Waals surface area contributed by atoms with E-state index in [1.54, 1.807) is 49.0 Å². The molecular formula is C23H31N7O5S. The summed E-state index contributed by atoms with van der Waals surface area (Å²) < 4.78 is 48.3. The highest BCUT2D eigenvalue weighted by molar-refractivity contribution is 7.93. The zero-order chi connectivity index (χ0) is 25.9. The Bertz CT molecular complexity index is 1270. The van der Waals surface area contributed by atoms with Gasteiger partial charge in [0.05, 0.1) is 26.1 Å². The molecule has 0 amide bonds. The Balaban J connectivity index is 1.77. The van der Waals surface area contributed by atoms with Crippen LogP contribution in [-0.2, 0) is 14.8 Å². The van der Waals surface area contributed by atoms with E-state index >= 15 is 0 Å². The summed E-state index contributed by atoms with van der Waals surface area (Å²) in [5, 5.41) is 10.9. The van der Waals surface area contributed by atoms with Crippen molar-refractivity contribution in [2.75, 3.05) is 38.6 Å². The summed E-state index contributed by atoms with van der Waals surface area (Å²) >= 11 is 0. The molecule has 0 aliphatic carbocycles. The smallest absolute Gasteiger partial charge is 0.243 e. The third-order valence-corrected chi connectivity index (χ3v) is 8.02. The Hall–Kier alpha value is -3.29. The third kappa shape index (κ3) is 5.13. The molecule has 1 aliphatic heterocycles. The molecule has 194 valence electrons. The molecule has 1 fully saturated rings. The van der Waals surface area contributed by atoms with E-state index in [2.05, 4.69) is 30.2 Å². The van der Waals surface area contributed by atoms with E-state index in [0.29, 0.717) is 48.5 Å². The second-order valence-corrected chi connectivity index (χ2v) is 10.6. The molecule has 0 spiro atoms. The molecule has 0 saturated carbocycles. The number of aryl methyl sites for hydroxylation is 1. The van der Waals surface area contributed by atoms with Gasteiger partial charge in [0.2, 0.25) is 16.0 Å². The highest BCUT2D eigenvalue weighted by Gasteiger charge is 2.34. The van der Waals surface area contributed by atoms with Gasteiger partial charge in [-0.25, -0.2) is 18.4 Å². The number of morpholine rings is 1. The molecule has 12 nitrogen and oxygen atoms in total. The molecule has 2 aromatic heterocycles. The fourth-order valence-electron chi connectivity index (χ4n) is 3.91. The van der Waals surface area contributed by atoms with Crippen LogP contribution in [0.1, 0.15) is 43.1 Å². The monoisotopic (exact) mass is 517 g/mol. The summed E-state index contributed by atoms with van der Waals surface area (Å²) in [5.74, 6) is 1.26. The molecule has 0 bridgehead atoms. The van der Waals surface area contributed by atoms with Gasteiger partial charge in [-0.15, -0.1) is 10.2 Å². The van der Waals surface area contributed by atoms with Gasteiger partial charge in [-0.2, -0.15) is 0 Å². The number of aromatic nitrogens is 5. The largest absolute Gasteiger partial charge is 0.494 e. The van der Waals surface area contributed by atoms with Crippen LogP contribution in [0.25, 0.3) is 5.69 Å². The average molecular weight is 518 g/mol. The first-order valence-corrected chi connectivity index (χ1v) is 13.1. The van der Waals surface area contributed by atoms with Crippen LogP contribution in [0.4, 0.5) is 5.95 Å². The standard InChI is InChI=1S/C23H31N7O5S/c1-14-11-25-21(26-12-14)15(2)16(3)36(31,32)29-23-28-27-22(19-13-24-9-10-35-19)30(23)20-17(33-4)7-6-8-18(20)34-5/h6-8,11-12,15-16,19,24H,9-10,13H2,1-5H3,(H,28,29)/t15?,16?,19-/m1/s1. The summed E-state index contributed by atoms with van der Waals surface area (Å²) in [5.41, 5.74) is 1.35. The molecule has 4 rings (SSSR count). The van der Waals surface area contributed by atoms with Gasteiger partial charge in [0.25, 0.3) is 0 Å². The summed E-state index contributed by atoms with van der Waals surface area (Å²) in [6.07, 6.45) is 2.87. The van der Waals surface area contributed by atoms with Crippen molar-refractivity contribution in [1.82, 2.24) is 30.0 Å². The van der Waals surface area contributed by atoms with E-state index in [1.165, 1.54) is 14.2 Å². The van der Waals surface area contributed by atoms with E-state index in [0.717, 1.165) is 5.56 Å². The van der Waals surface area contributed by atoms with Crippen molar-refractivity contribution >= 4 is 16.0 Å². The first-order chi connectivity index (χ1) is 17.3. The maximum absolute atomic E-state index is 13.5. The number of hydrogen-bond acceptors (Lipinski definition) is 10. The number of methoxy groups -OCH3 is 2. The van der Waals surface area contributed by atoms with Gasteiger partial charge in [0, 0.05) is 31.4 Å². The lowest BCUT2D eigenvalue weighted by Gasteiger charge is -2.25. The maximum Gasteiger partial charge on any atom is 0.243 e. The Morgan fingerprint density at radius 3 is 2.39 bits per heavy atom. The van der Waals surface area contributed by atoms with E-state index < -0.39 is 27.3 Å². The number of nitrogens with zero attached hydrogens (tertiary/aromatic N) is 5. The average Bonchev–Trinajstić information content (AvgIpc) is 3.30. The number of para-hydroxylation sites is 1. The second-order valence-electron chi connectivity index (χ2n) is 8.55. The first-order valence-electron chi connectivity index (χ1n) is 11.6. The molecule has 0 radical (unpaired) electrons. The minimum atomic E-state index is -3.95. The minimum Gasteiger partial charge on any atom is -0.494 e. The molecule has 1 aromatic carbocycles. The van der Waals surface area contributed by atoms with E-state index in [4.69, 9.17) is 14.2 Å². The van der Waals surface area contributed by atoms with E-state index in [-0.39, 0.29) is 5.95 Å². The lowest BCUT2D eigenvalue weighted by Crippen LogP contribution is -2.35. The summed E-state index contributed by atoms with van der Waals surface area (Å²) in [6, 6.07) is 5.28. The number of hydrogen-bond donors (Lipinski definition) is 2. The van der Waals surface area contributed by atoms with E-state index in [1.807, 2.05) is 6.92 Å². The molecule has 2 N–H and O–H groups in total. The topological polar surface area (TPSA) is 142 Å². The van der Waals surface area contributed by atoms with Gasteiger partial charge in [-0.3, -0.25) is 9.29 Å². The van der Waals surface area contributed by atoms with Crippen LogP contribution in [0.3, 0.4) is 0 Å². The molecule has 1 aliphatic rings. The predicted molar refractivity (Wildman–Crippen MR) is 133 cm³/mol. The number of benzene rings is 1. The predicted octanol–water partition coefficient (Wildman–Crippen LogP) is 1.98. The van der Waals surface area contributed by atoms with Crippen molar-refractivity contribution in [1.29, 1.82) is 0 Å². The van der Waals surface area contributed by atoms with Crippen LogP contribution in [0.15, 0.2) is 30.6 Å². The summed E-state index contributed by atoms with van der Waals surface area (Å²) in [6.45, 7) is 6.93. The highest BCUT2D eigenvalue weighted by atomic mass is 32.2. The minimum absolute atomic E-state index is 0.00847. The van der Waals surface area contributed by atoms with Crippen molar-refractivity contribution < 1.29 is 22.6 Å². The van der Waals surface area contributed by atoms with Crippen molar-refractivity contribution in [3.8, 4) is 17.2 Å². The quantitative estimate of drug-likeness (QED) is 0.432. The second kappa shape index (κ2) is 10.8. The molecule has 3 atom stereocenters. The van der Waals surface area contributed by atoms with Gasteiger partial charge >= 0.3 is 0 Å². The molecular weight excluding hydrogens is 486 g/mol. The number of sulfonamides is 1. The Morgan fingerprint density at radius 2 is 1.81 bits per heavy atom. The fraction of sp³-hybridized carbons (Fsp3) is 0.478. The molecule has 36 heavy (non-hydrogen) atoms. The Kier molecular flexibility index (Phi) is 7.71. The lowest BCUT2D eigenvalue weighted by atomic mass is 10.1. The van der Waals surface area contributed by atoms with Gasteiger partial charge in [-0.1, -0.05) is 13.0 Å². The molecule has 3 aromatic rings. The first kappa shape index (κ1) is 25.8. The number of nitrogens with one attached hydrogen (secondary N) is 2. The molecule has 1 saturated heterocycles. The van der Waals surface area contributed by atoms with E-state index in [9.17, 15) is 8.42 Å². The third-order valence-electron chi connectivity index (χ3n) is 6.16. The molecule has 2 unspecified atom stereocenters. The van der Waals surface area contributed by atoms with Crippen LogP contribution < -0.4 is 19.5 Å². The van der Waals surface area contributed by atoms with Crippen LogP contribution in [-0.4, -0.2) is 72.3 Å². The maximum atomic E-state index is 13.5. The van der Waals surface area contributed by atoms with Gasteiger partial charge in [0.15, 0.2) is 5.82 Å². The lowest BCUT2D eigenvalue weighted by molar-refractivity contribution is 0.0210. The Morgan fingerprint density at radius 1 is 1.14 bits per heavy atom.